The summed E-state index contributed by atoms with van der Waals surface area (Å²) >= 11 is 3.57. The molecule has 0 aromatic heterocycles. The molecule has 1 heterocycles. The first-order valence-electron chi connectivity index (χ1n) is 5.43. The molecule has 2 N–H and O–H groups in total. The maximum absolute atomic E-state index is 5.98. The highest BCUT2D eigenvalue weighted by atomic mass is 79.9. The minimum Gasteiger partial charge on any atom is -0.370 e. The monoisotopic (exact) mass is 268 g/mol. The number of nitrogens with zero attached hydrogens (tertiary/aromatic N) is 1. The second-order valence-electron chi connectivity index (χ2n) is 4.28. The predicted molar refractivity (Wildman–Crippen MR) is 68.3 cm³/mol. The molecule has 1 aromatic carbocycles. The molecule has 82 valence electrons. The van der Waals surface area contributed by atoms with E-state index in [9.17, 15) is 0 Å². The van der Waals surface area contributed by atoms with E-state index in [1.54, 1.807) is 0 Å². The van der Waals surface area contributed by atoms with Gasteiger partial charge in [0.15, 0.2) is 0 Å². The molecule has 2 nitrogen and oxygen atoms in total. The van der Waals surface area contributed by atoms with E-state index >= 15 is 0 Å². The fourth-order valence-corrected chi connectivity index (χ4v) is 2.39. The minimum atomic E-state index is 0.332. The van der Waals surface area contributed by atoms with Gasteiger partial charge in [-0.1, -0.05) is 22.0 Å². The van der Waals surface area contributed by atoms with E-state index in [1.807, 2.05) is 0 Å². The van der Waals surface area contributed by atoms with Crippen LogP contribution in [0.1, 0.15) is 18.4 Å². The van der Waals surface area contributed by atoms with E-state index in [4.69, 9.17) is 5.73 Å². The lowest BCUT2D eigenvalue weighted by Gasteiger charge is -2.32. The highest BCUT2D eigenvalue weighted by Crippen LogP contribution is 2.25. The van der Waals surface area contributed by atoms with Crippen molar-refractivity contribution >= 4 is 21.6 Å². The Bertz CT molecular complexity index is 351. The topological polar surface area (TPSA) is 29.3 Å². The van der Waals surface area contributed by atoms with Crippen LogP contribution >= 0.6 is 15.9 Å². The number of aryl methyl sites for hydroxylation is 1. The molecule has 0 aliphatic carbocycles. The fourth-order valence-electron chi connectivity index (χ4n) is 2.02. The maximum atomic E-state index is 5.98. The molecule has 1 aliphatic heterocycles. The maximum Gasteiger partial charge on any atom is 0.0378 e. The number of hydrogen-bond donors (Lipinski definition) is 1. The van der Waals surface area contributed by atoms with Crippen molar-refractivity contribution in [2.24, 2.45) is 5.73 Å². The second-order valence-corrected chi connectivity index (χ2v) is 5.14. The largest absolute Gasteiger partial charge is 0.370 e. The lowest BCUT2D eigenvalue weighted by molar-refractivity contribution is 0.506. The predicted octanol–water partition coefficient (Wildman–Crippen LogP) is 2.69. The van der Waals surface area contributed by atoms with Crippen molar-refractivity contribution in [1.82, 2.24) is 0 Å². The Kier molecular flexibility index (Phi) is 3.32. The summed E-state index contributed by atoms with van der Waals surface area (Å²) in [6.45, 7) is 4.22. The van der Waals surface area contributed by atoms with Gasteiger partial charge in [0, 0.05) is 29.3 Å². The summed E-state index contributed by atoms with van der Waals surface area (Å²) in [6.07, 6.45) is 2.36. The summed E-state index contributed by atoms with van der Waals surface area (Å²) < 4.78 is 1.18. The van der Waals surface area contributed by atoms with Crippen molar-refractivity contribution in [3.63, 3.8) is 0 Å². The van der Waals surface area contributed by atoms with E-state index in [2.05, 4.69) is 46.0 Å². The van der Waals surface area contributed by atoms with E-state index in [0.29, 0.717) is 6.04 Å². The molecule has 15 heavy (non-hydrogen) atoms. The van der Waals surface area contributed by atoms with Crippen LogP contribution in [0.25, 0.3) is 0 Å². The third-order valence-electron chi connectivity index (χ3n) is 2.98. The average Bonchev–Trinajstić information content (AvgIpc) is 2.22. The summed E-state index contributed by atoms with van der Waals surface area (Å²) in [4.78, 5) is 2.37. The van der Waals surface area contributed by atoms with Gasteiger partial charge in [-0.15, -0.1) is 0 Å². The summed E-state index contributed by atoms with van der Waals surface area (Å²) in [7, 11) is 0. The van der Waals surface area contributed by atoms with E-state index in [1.165, 1.54) is 22.1 Å². The average molecular weight is 269 g/mol. The van der Waals surface area contributed by atoms with Crippen LogP contribution in [0.4, 0.5) is 5.69 Å². The summed E-state index contributed by atoms with van der Waals surface area (Å²) in [5.74, 6) is 0. The van der Waals surface area contributed by atoms with Crippen LogP contribution in [0.15, 0.2) is 22.7 Å². The van der Waals surface area contributed by atoms with Crippen LogP contribution in [0.5, 0.6) is 0 Å². The Labute approximate surface area is 99.6 Å². The van der Waals surface area contributed by atoms with Crippen LogP contribution in [-0.4, -0.2) is 19.1 Å². The van der Waals surface area contributed by atoms with Gasteiger partial charge in [0.25, 0.3) is 0 Å². The number of nitrogens with two attached hydrogens (primary N) is 1. The number of rotatable bonds is 1. The molecule has 1 aliphatic rings. The molecular formula is C12H17BrN2. The smallest absolute Gasteiger partial charge is 0.0378 e. The normalized spacial score (nSPS) is 21.8. The zero-order valence-corrected chi connectivity index (χ0v) is 10.6. The first kappa shape index (κ1) is 11.0. The zero-order chi connectivity index (χ0) is 10.8. The third-order valence-corrected chi connectivity index (χ3v) is 3.83. The summed E-state index contributed by atoms with van der Waals surface area (Å²) in [5.41, 5.74) is 8.54. The number of benzene rings is 1. The van der Waals surface area contributed by atoms with E-state index < -0.39 is 0 Å². The minimum absolute atomic E-state index is 0.332. The number of hydrogen-bond acceptors (Lipinski definition) is 2. The molecule has 0 amide bonds. The van der Waals surface area contributed by atoms with Crippen molar-refractivity contribution < 1.29 is 0 Å². The van der Waals surface area contributed by atoms with Crippen LogP contribution in [-0.2, 0) is 0 Å². The Morgan fingerprint density at radius 3 is 2.93 bits per heavy atom. The highest BCUT2D eigenvalue weighted by Gasteiger charge is 2.17. The molecule has 0 spiro atoms. The Morgan fingerprint density at radius 2 is 2.27 bits per heavy atom. The van der Waals surface area contributed by atoms with Gasteiger partial charge < -0.3 is 10.6 Å². The van der Waals surface area contributed by atoms with Gasteiger partial charge in [0.05, 0.1) is 0 Å². The molecular weight excluding hydrogens is 252 g/mol. The molecule has 1 unspecified atom stereocenters. The lowest BCUT2D eigenvalue weighted by Crippen LogP contribution is -2.42. The molecule has 0 bridgehead atoms. The van der Waals surface area contributed by atoms with Gasteiger partial charge >= 0.3 is 0 Å². The molecule has 1 fully saturated rings. The lowest BCUT2D eigenvalue weighted by atomic mass is 10.1. The van der Waals surface area contributed by atoms with Crippen molar-refractivity contribution in [3.8, 4) is 0 Å². The van der Waals surface area contributed by atoms with Crippen LogP contribution in [0, 0.1) is 6.92 Å². The Balaban J connectivity index is 2.18. The van der Waals surface area contributed by atoms with Gasteiger partial charge in [-0.25, -0.2) is 0 Å². The standard InChI is InChI=1S/C12H17BrN2/c1-9-4-5-11(7-12(9)13)15-6-2-3-10(14)8-15/h4-5,7,10H,2-3,6,8,14H2,1H3. The highest BCUT2D eigenvalue weighted by molar-refractivity contribution is 9.10. The third kappa shape index (κ3) is 2.52. The first-order valence-corrected chi connectivity index (χ1v) is 6.23. The number of piperidine rings is 1. The Morgan fingerprint density at radius 1 is 1.47 bits per heavy atom. The van der Waals surface area contributed by atoms with Crippen LogP contribution in [0.2, 0.25) is 0 Å². The molecule has 2 rings (SSSR count). The van der Waals surface area contributed by atoms with Gasteiger partial charge in [0.2, 0.25) is 0 Å². The quantitative estimate of drug-likeness (QED) is 0.849. The SMILES string of the molecule is Cc1ccc(N2CCCC(N)C2)cc1Br. The zero-order valence-electron chi connectivity index (χ0n) is 9.04. The van der Waals surface area contributed by atoms with Gasteiger partial charge in [-0.05, 0) is 37.5 Å². The number of anilines is 1. The van der Waals surface area contributed by atoms with Gasteiger partial charge in [-0.3, -0.25) is 0 Å². The fraction of sp³-hybridized carbons (Fsp3) is 0.500. The van der Waals surface area contributed by atoms with Crippen molar-refractivity contribution in [2.75, 3.05) is 18.0 Å². The molecule has 0 saturated carbocycles. The van der Waals surface area contributed by atoms with Crippen LogP contribution in [0.3, 0.4) is 0 Å². The van der Waals surface area contributed by atoms with Crippen molar-refractivity contribution in [3.05, 3.63) is 28.2 Å². The van der Waals surface area contributed by atoms with Crippen LogP contribution < -0.4 is 10.6 Å². The van der Waals surface area contributed by atoms with E-state index in [-0.39, 0.29) is 0 Å². The van der Waals surface area contributed by atoms with Crippen molar-refractivity contribution in [2.45, 2.75) is 25.8 Å². The molecule has 1 saturated heterocycles. The summed E-state index contributed by atoms with van der Waals surface area (Å²) in [6, 6.07) is 6.85. The number of halogens is 1. The summed E-state index contributed by atoms with van der Waals surface area (Å²) in [5, 5.41) is 0. The molecule has 1 atom stereocenters. The first-order chi connectivity index (χ1) is 7.16. The van der Waals surface area contributed by atoms with Gasteiger partial charge in [0.1, 0.15) is 0 Å². The van der Waals surface area contributed by atoms with E-state index in [0.717, 1.165) is 19.5 Å². The Hall–Kier alpha value is -0.540. The molecule has 1 aromatic rings. The van der Waals surface area contributed by atoms with Crippen molar-refractivity contribution in [1.29, 1.82) is 0 Å². The molecule has 3 heteroatoms. The second kappa shape index (κ2) is 4.54. The molecule has 0 radical (unpaired) electrons. The van der Waals surface area contributed by atoms with Gasteiger partial charge in [-0.2, -0.15) is 0 Å².